The van der Waals surface area contributed by atoms with Crippen LogP contribution in [0.25, 0.3) is 0 Å². The van der Waals surface area contributed by atoms with E-state index in [9.17, 15) is 14.7 Å². The van der Waals surface area contributed by atoms with Crippen LogP contribution in [0.4, 0.5) is 0 Å². The zero-order valence-corrected chi connectivity index (χ0v) is 23.6. The Balaban J connectivity index is 1.65. The van der Waals surface area contributed by atoms with E-state index < -0.39 is 0 Å². The molecule has 4 aliphatic rings. The largest absolute Gasteiger partial charge is 0.393 e. The lowest BCUT2D eigenvalue weighted by Crippen LogP contribution is -2.61. The first-order chi connectivity index (χ1) is 16.1. The maximum atomic E-state index is 14.0. The van der Waals surface area contributed by atoms with Crippen LogP contribution in [0.1, 0.15) is 87.0 Å². The van der Waals surface area contributed by atoms with Crippen molar-refractivity contribution in [1.82, 2.24) is 10.2 Å². The average molecular weight is 487 g/mol. The number of carbonyl (C=O) groups is 2. The molecule has 1 spiro atoms. The number of Topliss-reactive ketones (excluding diaryl/α,β-unsaturated/α-hetero) is 1. The third-order valence-corrected chi connectivity index (χ3v) is 12.0. The fourth-order valence-corrected chi connectivity index (χ4v) is 9.11. The molecule has 0 radical (unpaired) electrons. The lowest BCUT2D eigenvalue weighted by atomic mass is 9.42. The normalized spacial score (nSPS) is 45.5. The highest BCUT2D eigenvalue weighted by atomic mass is 16.3. The number of nitrogens with zero attached hydrogens (tertiary/aromatic N) is 1. The molecule has 9 atom stereocenters. The van der Waals surface area contributed by atoms with Gasteiger partial charge in [0.1, 0.15) is 5.78 Å². The maximum absolute atomic E-state index is 14.0. The molecule has 4 rings (SSSR count). The van der Waals surface area contributed by atoms with E-state index >= 15 is 0 Å². The van der Waals surface area contributed by atoms with Crippen molar-refractivity contribution in [2.24, 2.45) is 45.3 Å². The van der Waals surface area contributed by atoms with E-state index in [1.807, 2.05) is 13.8 Å². The Bertz CT molecular complexity index is 894. The molecule has 3 fully saturated rings. The van der Waals surface area contributed by atoms with Gasteiger partial charge in [0.25, 0.3) is 0 Å². The summed E-state index contributed by atoms with van der Waals surface area (Å²) in [5, 5.41) is 14.7. The van der Waals surface area contributed by atoms with E-state index in [2.05, 4.69) is 71.1 Å². The topological polar surface area (TPSA) is 69.6 Å². The molecular formula is C30H50N2O3. The standard InChI is InChI=1S/C30H50N2O3/c1-18(2)26(35)31-24-11-10-13-30(27(24,4)5)14-12-21-20(15-30)22(33)16-29(7)25(19(3)32(8)9)23(34)17-28(21,29)6/h10,13,18-21,23-25,34H,11-12,14-17H2,1-9H3,(H,31,35)/t19-,20?,21?,23-,24+,25?,28+,29-,30?/m1/s1. The highest BCUT2D eigenvalue weighted by molar-refractivity contribution is 5.84. The van der Waals surface area contributed by atoms with Gasteiger partial charge in [0.15, 0.2) is 0 Å². The minimum Gasteiger partial charge on any atom is -0.393 e. The SMILES string of the molecule is CC(C)C(=O)N[C@H]1CC=CC2(CCC3C(C2)C(=O)C[C@]2(C)C([C@@H](C)N(C)C)[C@H](O)C[C@@]32C)C1(C)C. The van der Waals surface area contributed by atoms with Crippen molar-refractivity contribution >= 4 is 11.7 Å². The van der Waals surface area contributed by atoms with E-state index in [-0.39, 0.29) is 63.5 Å². The van der Waals surface area contributed by atoms with Crippen molar-refractivity contribution in [2.75, 3.05) is 14.1 Å². The van der Waals surface area contributed by atoms with Crippen molar-refractivity contribution in [1.29, 1.82) is 0 Å². The second-order valence-electron chi connectivity index (χ2n) is 14.2. The van der Waals surface area contributed by atoms with Gasteiger partial charge in [-0.1, -0.05) is 53.7 Å². The number of amides is 1. The molecule has 5 heteroatoms. The fraction of sp³-hybridized carbons (Fsp3) is 0.867. The lowest BCUT2D eigenvalue weighted by Gasteiger charge is -2.62. The van der Waals surface area contributed by atoms with Gasteiger partial charge in [-0.3, -0.25) is 9.59 Å². The first-order valence-electron chi connectivity index (χ1n) is 14.0. The average Bonchev–Trinajstić information content (AvgIpc) is 2.96. The Morgan fingerprint density at radius 2 is 1.77 bits per heavy atom. The van der Waals surface area contributed by atoms with Gasteiger partial charge in [0, 0.05) is 36.3 Å². The van der Waals surface area contributed by atoms with Crippen LogP contribution in [-0.4, -0.2) is 54.0 Å². The van der Waals surface area contributed by atoms with Gasteiger partial charge in [0.2, 0.25) is 5.91 Å². The van der Waals surface area contributed by atoms with Gasteiger partial charge < -0.3 is 15.3 Å². The Labute approximate surface area is 213 Å². The molecule has 198 valence electrons. The Kier molecular flexibility index (Phi) is 6.66. The first kappa shape index (κ1) is 26.9. The number of allylic oxidation sites excluding steroid dienone is 1. The summed E-state index contributed by atoms with van der Waals surface area (Å²) in [6.45, 7) is 15.4. The second-order valence-corrected chi connectivity index (χ2v) is 14.2. The van der Waals surface area contributed by atoms with Gasteiger partial charge >= 0.3 is 0 Å². The first-order valence-corrected chi connectivity index (χ1v) is 14.0. The van der Waals surface area contributed by atoms with Crippen LogP contribution < -0.4 is 5.32 Å². The van der Waals surface area contributed by atoms with Crippen molar-refractivity contribution in [2.45, 2.75) is 105 Å². The van der Waals surface area contributed by atoms with Gasteiger partial charge in [0.05, 0.1) is 6.10 Å². The number of rotatable bonds is 4. The number of ketones is 1. The summed E-state index contributed by atoms with van der Waals surface area (Å²) < 4.78 is 0. The van der Waals surface area contributed by atoms with E-state index in [1.54, 1.807) is 0 Å². The zero-order chi connectivity index (χ0) is 26.1. The van der Waals surface area contributed by atoms with Gasteiger partial charge in [-0.15, -0.1) is 0 Å². The number of hydrogen-bond donors (Lipinski definition) is 2. The molecule has 0 heterocycles. The minimum atomic E-state index is -0.369. The molecule has 0 aromatic rings. The highest BCUT2D eigenvalue weighted by Crippen LogP contribution is 2.71. The third kappa shape index (κ3) is 3.77. The van der Waals surface area contributed by atoms with E-state index in [1.165, 1.54) is 0 Å². The molecule has 0 aliphatic heterocycles. The summed E-state index contributed by atoms with van der Waals surface area (Å²) >= 11 is 0. The number of aliphatic hydroxyl groups excluding tert-OH is 1. The number of hydrogen-bond acceptors (Lipinski definition) is 4. The zero-order valence-electron chi connectivity index (χ0n) is 23.6. The predicted molar refractivity (Wildman–Crippen MR) is 141 cm³/mol. The molecule has 4 aliphatic carbocycles. The van der Waals surface area contributed by atoms with Crippen molar-refractivity contribution in [3.05, 3.63) is 12.2 Å². The van der Waals surface area contributed by atoms with Crippen LogP contribution in [0.2, 0.25) is 0 Å². The van der Waals surface area contributed by atoms with Crippen LogP contribution >= 0.6 is 0 Å². The monoisotopic (exact) mass is 486 g/mol. The van der Waals surface area contributed by atoms with Crippen molar-refractivity contribution in [3.8, 4) is 0 Å². The Morgan fingerprint density at radius 1 is 1.11 bits per heavy atom. The van der Waals surface area contributed by atoms with Crippen LogP contribution in [0.15, 0.2) is 12.2 Å². The number of carbonyl (C=O) groups excluding carboxylic acids is 2. The Morgan fingerprint density at radius 3 is 2.37 bits per heavy atom. The molecule has 0 aromatic carbocycles. The van der Waals surface area contributed by atoms with Crippen LogP contribution in [0, 0.1) is 45.3 Å². The molecule has 2 N–H and O–H groups in total. The van der Waals surface area contributed by atoms with Crippen LogP contribution in [0.5, 0.6) is 0 Å². The molecule has 0 bridgehead atoms. The molecule has 1 amide bonds. The predicted octanol–water partition coefficient (Wildman–Crippen LogP) is 4.83. The quantitative estimate of drug-likeness (QED) is 0.558. The minimum absolute atomic E-state index is 0.0333. The fourth-order valence-electron chi connectivity index (χ4n) is 9.11. The van der Waals surface area contributed by atoms with Crippen molar-refractivity contribution < 1.29 is 14.7 Å². The van der Waals surface area contributed by atoms with E-state index in [0.29, 0.717) is 18.1 Å². The molecule has 0 aromatic heterocycles. The highest BCUT2D eigenvalue weighted by Gasteiger charge is 2.69. The number of fused-ring (bicyclic) bond motifs is 3. The lowest BCUT2D eigenvalue weighted by molar-refractivity contribution is -0.160. The maximum Gasteiger partial charge on any atom is 0.222 e. The number of aliphatic hydroxyl groups is 1. The van der Waals surface area contributed by atoms with E-state index in [4.69, 9.17) is 0 Å². The number of nitrogens with one attached hydrogen (secondary N) is 1. The summed E-state index contributed by atoms with van der Waals surface area (Å²) in [7, 11) is 4.17. The van der Waals surface area contributed by atoms with Gasteiger partial charge in [-0.2, -0.15) is 0 Å². The molecule has 0 saturated heterocycles. The summed E-state index contributed by atoms with van der Waals surface area (Å²) in [6.07, 6.45) is 9.40. The van der Waals surface area contributed by atoms with E-state index in [0.717, 1.165) is 32.1 Å². The van der Waals surface area contributed by atoms with Crippen molar-refractivity contribution in [3.63, 3.8) is 0 Å². The third-order valence-electron chi connectivity index (χ3n) is 12.0. The summed E-state index contributed by atoms with van der Waals surface area (Å²) in [4.78, 5) is 28.8. The summed E-state index contributed by atoms with van der Waals surface area (Å²) in [6, 6.07) is 0.304. The van der Waals surface area contributed by atoms with Crippen LogP contribution in [-0.2, 0) is 9.59 Å². The van der Waals surface area contributed by atoms with Gasteiger partial charge in [-0.25, -0.2) is 0 Å². The summed E-state index contributed by atoms with van der Waals surface area (Å²) in [5.41, 5.74) is -0.453. The van der Waals surface area contributed by atoms with Gasteiger partial charge in [-0.05, 0) is 80.7 Å². The molecule has 35 heavy (non-hydrogen) atoms. The van der Waals surface area contributed by atoms with Crippen LogP contribution in [0.3, 0.4) is 0 Å². The second kappa shape index (κ2) is 8.68. The Hall–Kier alpha value is -1.20. The molecular weight excluding hydrogens is 436 g/mol. The molecule has 3 saturated carbocycles. The summed E-state index contributed by atoms with van der Waals surface area (Å²) in [5.74, 6) is 0.920. The smallest absolute Gasteiger partial charge is 0.222 e. The molecule has 5 nitrogen and oxygen atoms in total. The molecule has 4 unspecified atom stereocenters.